The molecule has 0 bridgehead atoms. The third-order valence-corrected chi connectivity index (χ3v) is 5.34. The average molecular weight is 356 g/mol. The number of carbonyl (C=O) groups is 1. The number of amides is 1. The monoisotopic (exact) mass is 356 g/mol. The lowest BCUT2D eigenvalue weighted by atomic mass is 9.92. The van der Waals surface area contributed by atoms with Gasteiger partial charge in [0, 0.05) is 33.4 Å². The lowest BCUT2D eigenvalue weighted by Crippen LogP contribution is -2.45. The van der Waals surface area contributed by atoms with Crippen LogP contribution in [-0.2, 0) is 16.1 Å². The van der Waals surface area contributed by atoms with Crippen LogP contribution in [0.3, 0.4) is 0 Å². The molecule has 1 aliphatic rings. The summed E-state index contributed by atoms with van der Waals surface area (Å²) >= 11 is 1.34. The van der Waals surface area contributed by atoms with E-state index in [0.717, 1.165) is 19.5 Å². The van der Waals surface area contributed by atoms with Crippen LogP contribution in [0.15, 0.2) is 9.95 Å². The van der Waals surface area contributed by atoms with Crippen LogP contribution in [0.25, 0.3) is 0 Å². The van der Waals surface area contributed by atoms with E-state index in [-0.39, 0.29) is 16.8 Å². The fraction of sp³-hybridized carbons (Fsp3) is 0.812. The summed E-state index contributed by atoms with van der Waals surface area (Å²) in [6.07, 6.45) is 1.90. The SMILES string of the molecule is COCCCn1c(SC(C)C(=O)N2CC(C)CC(C)C2)n[nH]c1=O. The molecular formula is C16H28N4O3S. The van der Waals surface area contributed by atoms with E-state index in [9.17, 15) is 9.59 Å². The highest BCUT2D eigenvalue weighted by atomic mass is 32.2. The summed E-state index contributed by atoms with van der Waals surface area (Å²) in [5.74, 6) is 1.19. The van der Waals surface area contributed by atoms with Gasteiger partial charge < -0.3 is 9.64 Å². The number of rotatable bonds is 7. The Balaban J connectivity index is 2.00. The normalized spacial score (nSPS) is 22.6. The van der Waals surface area contributed by atoms with Gasteiger partial charge in [0.15, 0.2) is 5.16 Å². The van der Waals surface area contributed by atoms with Crippen LogP contribution in [0.1, 0.15) is 33.6 Å². The second kappa shape index (κ2) is 8.71. The Morgan fingerprint density at radius 1 is 1.42 bits per heavy atom. The zero-order valence-corrected chi connectivity index (χ0v) is 15.8. The van der Waals surface area contributed by atoms with Gasteiger partial charge in [-0.1, -0.05) is 25.6 Å². The molecule has 0 aliphatic carbocycles. The smallest absolute Gasteiger partial charge is 0.343 e. The van der Waals surface area contributed by atoms with Crippen molar-refractivity contribution in [1.82, 2.24) is 19.7 Å². The highest BCUT2D eigenvalue weighted by molar-refractivity contribution is 8.00. The van der Waals surface area contributed by atoms with Crippen LogP contribution in [0, 0.1) is 11.8 Å². The summed E-state index contributed by atoms with van der Waals surface area (Å²) in [7, 11) is 1.63. The fourth-order valence-electron chi connectivity index (χ4n) is 3.27. The molecule has 1 aliphatic heterocycles. The van der Waals surface area contributed by atoms with Gasteiger partial charge in [-0.25, -0.2) is 9.89 Å². The van der Waals surface area contributed by atoms with Gasteiger partial charge in [-0.15, -0.1) is 5.10 Å². The van der Waals surface area contributed by atoms with E-state index in [1.54, 1.807) is 11.7 Å². The third-order valence-electron chi connectivity index (χ3n) is 4.26. The van der Waals surface area contributed by atoms with Gasteiger partial charge in [0.25, 0.3) is 0 Å². The molecule has 0 saturated carbocycles. The Hall–Kier alpha value is -1.28. The molecule has 136 valence electrons. The zero-order chi connectivity index (χ0) is 17.7. The molecule has 1 amide bonds. The molecule has 3 atom stereocenters. The molecule has 1 saturated heterocycles. The second-order valence-electron chi connectivity index (χ2n) is 6.76. The molecular weight excluding hydrogens is 328 g/mol. The zero-order valence-electron chi connectivity index (χ0n) is 14.9. The number of carbonyl (C=O) groups excluding carboxylic acids is 1. The highest BCUT2D eigenvalue weighted by Crippen LogP contribution is 2.26. The summed E-state index contributed by atoms with van der Waals surface area (Å²) in [6.45, 7) is 9.01. The van der Waals surface area contributed by atoms with E-state index in [2.05, 4.69) is 24.0 Å². The first-order valence-corrected chi connectivity index (χ1v) is 9.40. The lowest BCUT2D eigenvalue weighted by molar-refractivity contribution is -0.132. The van der Waals surface area contributed by atoms with Gasteiger partial charge in [-0.3, -0.25) is 9.36 Å². The summed E-state index contributed by atoms with van der Waals surface area (Å²) in [6, 6.07) is 0. The quantitative estimate of drug-likeness (QED) is 0.593. The van der Waals surface area contributed by atoms with Crippen molar-refractivity contribution >= 4 is 17.7 Å². The van der Waals surface area contributed by atoms with Crippen molar-refractivity contribution in [2.75, 3.05) is 26.8 Å². The number of piperidine rings is 1. The molecule has 0 spiro atoms. The Kier molecular flexibility index (Phi) is 6.91. The van der Waals surface area contributed by atoms with Gasteiger partial charge in [-0.2, -0.15) is 0 Å². The second-order valence-corrected chi connectivity index (χ2v) is 8.07. The maximum absolute atomic E-state index is 12.7. The van der Waals surface area contributed by atoms with Crippen LogP contribution < -0.4 is 5.69 Å². The Bertz CT molecular complexity index is 590. The summed E-state index contributed by atoms with van der Waals surface area (Å²) < 4.78 is 6.60. The molecule has 8 heteroatoms. The standard InChI is InChI=1S/C16H28N4O3S/c1-11-8-12(2)10-19(9-11)14(21)13(3)24-16-18-17-15(22)20(16)6-5-7-23-4/h11-13H,5-10H2,1-4H3,(H,17,22). The number of thioether (sulfide) groups is 1. The minimum Gasteiger partial charge on any atom is -0.385 e. The van der Waals surface area contributed by atoms with E-state index in [0.29, 0.717) is 30.1 Å². The van der Waals surface area contributed by atoms with Gasteiger partial charge >= 0.3 is 5.69 Å². The molecule has 3 unspecified atom stereocenters. The third kappa shape index (κ3) is 4.86. The number of aromatic nitrogens is 3. The van der Waals surface area contributed by atoms with Crippen molar-refractivity contribution in [2.24, 2.45) is 11.8 Å². The highest BCUT2D eigenvalue weighted by Gasteiger charge is 2.29. The number of nitrogens with one attached hydrogen (secondary N) is 1. The Labute approximate surface area is 147 Å². The van der Waals surface area contributed by atoms with Crippen LogP contribution in [0.4, 0.5) is 0 Å². The summed E-state index contributed by atoms with van der Waals surface area (Å²) in [4.78, 5) is 26.6. The van der Waals surface area contributed by atoms with Crippen molar-refractivity contribution in [3.05, 3.63) is 10.5 Å². The molecule has 2 rings (SSSR count). The van der Waals surface area contributed by atoms with E-state index in [1.165, 1.54) is 18.2 Å². The summed E-state index contributed by atoms with van der Waals surface area (Å²) in [5, 5.41) is 6.84. The lowest BCUT2D eigenvalue weighted by Gasteiger charge is -2.36. The van der Waals surface area contributed by atoms with Crippen molar-refractivity contribution in [3.63, 3.8) is 0 Å². The van der Waals surface area contributed by atoms with Crippen LogP contribution in [-0.4, -0.2) is 57.6 Å². The summed E-state index contributed by atoms with van der Waals surface area (Å²) in [5.41, 5.74) is -0.242. The number of methoxy groups -OCH3 is 1. The van der Waals surface area contributed by atoms with Gasteiger partial charge in [0.2, 0.25) is 5.91 Å². The predicted molar refractivity (Wildman–Crippen MR) is 94.2 cm³/mol. The number of likely N-dealkylation sites (tertiary alicyclic amines) is 1. The molecule has 2 heterocycles. The molecule has 1 fully saturated rings. The van der Waals surface area contributed by atoms with Gasteiger partial charge in [0.1, 0.15) is 0 Å². The topological polar surface area (TPSA) is 80.2 Å². The number of H-pyrrole nitrogens is 1. The van der Waals surface area contributed by atoms with Crippen molar-refractivity contribution in [1.29, 1.82) is 0 Å². The maximum atomic E-state index is 12.7. The number of nitrogens with zero attached hydrogens (tertiary/aromatic N) is 3. The van der Waals surface area contributed by atoms with Crippen LogP contribution in [0.5, 0.6) is 0 Å². The first kappa shape index (κ1) is 19.1. The largest absolute Gasteiger partial charge is 0.385 e. The minimum atomic E-state index is -0.265. The molecule has 1 N–H and O–H groups in total. The van der Waals surface area contributed by atoms with Gasteiger partial charge in [0.05, 0.1) is 5.25 Å². The fourth-order valence-corrected chi connectivity index (χ4v) is 4.23. The Morgan fingerprint density at radius 2 is 2.08 bits per heavy atom. The minimum absolute atomic E-state index is 0.122. The number of aromatic amines is 1. The predicted octanol–water partition coefficient (Wildman–Crippen LogP) is 1.59. The average Bonchev–Trinajstić information content (AvgIpc) is 2.86. The van der Waals surface area contributed by atoms with Crippen molar-refractivity contribution in [3.8, 4) is 0 Å². The van der Waals surface area contributed by atoms with Crippen LogP contribution >= 0.6 is 11.8 Å². The van der Waals surface area contributed by atoms with E-state index in [4.69, 9.17) is 4.74 Å². The van der Waals surface area contributed by atoms with E-state index < -0.39 is 0 Å². The van der Waals surface area contributed by atoms with E-state index in [1.807, 2.05) is 11.8 Å². The first-order chi connectivity index (χ1) is 11.4. The maximum Gasteiger partial charge on any atom is 0.343 e. The number of hydrogen-bond acceptors (Lipinski definition) is 5. The Morgan fingerprint density at radius 3 is 2.71 bits per heavy atom. The van der Waals surface area contributed by atoms with Crippen LogP contribution in [0.2, 0.25) is 0 Å². The molecule has 24 heavy (non-hydrogen) atoms. The molecule has 1 aromatic rings. The van der Waals surface area contributed by atoms with Crippen molar-refractivity contribution < 1.29 is 9.53 Å². The molecule has 7 nitrogen and oxygen atoms in total. The van der Waals surface area contributed by atoms with Gasteiger partial charge in [-0.05, 0) is 31.6 Å². The first-order valence-electron chi connectivity index (χ1n) is 8.52. The van der Waals surface area contributed by atoms with E-state index >= 15 is 0 Å². The molecule has 0 aromatic carbocycles. The molecule has 0 radical (unpaired) electrons. The number of hydrogen-bond donors (Lipinski definition) is 1. The number of ether oxygens (including phenoxy) is 1. The van der Waals surface area contributed by atoms with Crippen molar-refractivity contribution in [2.45, 2.75) is 50.6 Å². The molecule has 1 aromatic heterocycles.